The van der Waals surface area contributed by atoms with Crippen LogP contribution in [0.1, 0.15) is 11.6 Å². The molecule has 0 bridgehead atoms. The lowest BCUT2D eigenvalue weighted by molar-refractivity contribution is 0.0345. The monoisotopic (exact) mass is 414 g/mol. The Morgan fingerprint density at radius 2 is 1.77 bits per heavy atom. The number of hydrogen-bond acceptors (Lipinski definition) is 4. The molecule has 1 unspecified atom stereocenters. The number of nitrogens with zero attached hydrogens (tertiary/aromatic N) is 1. The zero-order chi connectivity index (χ0) is 18.6. The summed E-state index contributed by atoms with van der Waals surface area (Å²) in [5.74, 6) is 0. The van der Waals surface area contributed by atoms with Crippen LogP contribution in [0.5, 0.6) is 0 Å². The lowest BCUT2D eigenvalue weighted by atomic mass is 10.1. The van der Waals surface area contributed by atoms with Gasteiger partial charge in [0.05, 0.1) is 24.3 Å². The number of halogens is 2. The molecule has 1 aliphatic heterocycles. The molecule has 3 rings (SSSR count). The second kappa shape index (κ2) is 8.69. The summed E-state index contributed by atoms with van der Waals surface area (Å²) >= 11 is 12.1. The minimum Gasteiger partial charge on any atom is -0.379 e. The van der Waals surface area contributed by atoms with Gasteiger partial charge in [-0.1, -0.05) is 53.5 Å². The van der Waals surface area contributed by atoms with Gasteiger partial charge in [0, 0.05) is 24.7 Å². The maximum Gasteiger partial charge on any atom is 0.242 e. The number of sulfonamides is 1. The zero-order valence-corrected chi connectivity index (χ0v) is 16.4. The number of morpholine rings is 1. The Morgan fingerprint density at radius 3 is 2.46 bits per heavy atom. The highest BCUT2D eigenvalue weighted by atomic mass is 35.5. The minimum atomic E-state index is -3.84. The summed E-state index contributed by atoms with van der Waals surface area (Å²) in [6, 6.07) is 13.5. The fourth-order valence-electron chi connectivity index (χ4n) is 2.87. The van der Waals surface area contributed by atoms with Crippen LogP contribution in [0, 0.1) is 0 Å². The fraction of sp³-hybridized carbons (Fsp3) is 0.333. The Bertz CT molecular complexity index is 841. The average molecular weight is 415 g/mol. The first-order valence-electron chi connectivity index (χ1n) is 8.28. The zero-order valence-electron chi connectivity index (χ0n) is 14.1. The van der Waals surface area contributed by atoms with Gasteiger partial charge < -0.3 is 4.74 Å². The van der Waals surface area contributed by atoms with Crippen molar-refractivity contribution in [3.05, 3.63) is 64.1 Å². The Labute approximate surface area is 163 Å². The number of hydrogen-bond donors (Lipinski definition) is 1. The van der Waals surface area contributed by atoms with Gasteiger partial charge in [0.15, 0.2) is 0 Å². The van der Waals surface area contributed by atoms with Gasteiger partial charge in [0.1, 0.15) is 4.90 Å². The normalized spacial score (nSPS) is 17.2. The van der Waals surface area contributed by atoms with E-state index >= 15 is 0 Å². The van der Waals surface area contributed by atoms with Crippen LogP contribution in [0.4, 0.5) is 0 Å². The lowest BCUT2D eigenvalue weighted by Crippen LogP contribution is -2.43. The Hall–Kier alpha value is -1.15. The first-order chi connectivity index (χ1) is 12.5. The highest BCUT2D eigenvalue weighted by Crippen LogP contribution is 2.27. The van der Waals surface area contributed by atoms with Crippen molar-refractivity contribution in [1.29, 1.82) is 0 Å². The highest BCUT2D eigenvalue weighted by Gasteiger charge is 2.26. The van der Waals surface area contributed by atoms with Crippen molar-refractivity contribution in [2.75, 3.05) is 32.8 Å². The minimum absolute atomic E-state index is 0.0189. The Morgan fingerprint density at radius 1 is 1.08 bits per heavy atom. The van der Waals surface area contributed by atoms with Crippen molar-refractivity contribution < 1.29 is 13.2 Å². The first-order valence-corrected chi connectivity index (χ1v) is 10.5. The second-order valence-corrected chi connectivity index (χ2v) is 8.60. The SMILES string of the molecule is O=S(=O)(NC(CN1CCOCC1)c1ccccc1)c1cc(Cl)ccc1Cl. The van der Waals surface area contributed by atoms with E-state index in [0.717, 1.165) is 18.7 Å². The van der Waals surface area contributed by atoms with Crippen molar-refractivity contribution >= 4 is 33.2 Å². The molecule has 2 aromatic carbocycles. The molecule has 8 heteroatoms. The van der Waals surface area contributed by atoms with E-state index in [4.69, 9.17) is 27.9 Å². The smallest absolute Gasteiger partial charge is 0.242 e. The third-order valence-electron chi connectivity index (χ3n) is 4.23. The van der Waals surface area contributed by atoms with Crippen molar-refractivity contribution in [2.45, 2.75) is 10.9 Å². The van der Waals surface area contributed by atoms with Crippen molar-refractivity contribution in [1.82, 2.24) is 9.62 Å². The van der Waals surface area contributed by atoms with Crippen molar-refractivity contribution in [2.24, 2.45) is 0 Å². The molecule has 1 atom stereocenters. The van der Waals surface area contributed by atoms with Gasteiger partial charge in [-0.3, -0.25) is 4.90 Å². The van der Waals surface area contributed by atoms with E-state index < -0.39 is 16.1 Å². The van der Waals surface area contributed by atoms with Crippen molar-refractivity contribution in [3.8, 4) is 0 Å². The number of ether oxygens (including phenoxy) is 1. The third-order valence-corrected chi connectivity index (χ3v) is 6.41. The van der Waals surface area contributed by atoms with Gasteiger partial charge in [0.2, 0.25) is 10.0 Å². The predicted molar refractivity (Wildman–Crippen MR) is 103 cm³/mol. The molecule has 5 nitrogen and oxygen atoms in total. The molecule has 1 N–H and O–H groups in total. The molecule has 0 amide bonds. The molecule has 0 spiro atoms. The molecule has 1 heterocycles. The third kappa shape index (κ3) is 4.97. The van der Waals surface area contributed by atoms with Crippen LogP contribution < -0.4 is 4.72 Å². The van der Waals surface area contributed by atoms with E-state index in [1.54, 1.807) is 6.07 Å². The quantitative estimate of drug-likeness (QED) is 0.786. The Kier molecular flexibility index (Phi) is 6.55. The number of benzene rings is 2. The van der Waals surface area contributed by atoms with Gasteiger partial charge in [0.25, 0.3) is 0 Å². The van der Waals surface area contributed by atoms with Crippen LogP contribution in [0.2, 0.25) is 10.0 Å². The molecule has 26 heavy (non-hydrogen) atoms. The van der Waals surface area contributed by atoms with Gasteiger partial charge in [-0.05, 0) is 23.8 Å². The summed E-state index contributed by atoms with van der Waals surface area (Å²) in [5, 5.41) is 0.458. The van der Waals surface area contributed by atoms with Gasteiger partial charge in [-0.15, -0.1) is 0 Å². The number of rotatable bonds is 6. The topological polar surface area (TPSA) is 58.6 Å². The van der Waals surface area contributed by atoms with Crippen LogP contribution in [-0.4, -0.2) is 46.2 Å². The van der Waals surface area contributed by atoms with E-state index in [1.807, 2.05) is 30.3 Å². The van der Waals surface area contributed by atoms with E-state index in [0.29, 0.717) is 24.8 Å². The van der Waals surface area contributed by atoms with E-state index in [-0.39, 0.29) is 9.92 Å². The van der Waals surface area contributed by atoms with E-state index in [1.165, 1.54) is 12.1 Å². The molecule has 1 fully saturated rings. The summed E-state index contributed by atoms with van der Waals surface area (Å²) in [7, 11) is -3.84. The molecule has 0 aliphatic carbocycles. The molecule has 1 aliphatic rings. The van der Waals surface area contributed by atoms with Gasteiger partial charge >= 0.3 is 0 Å². The molecule has 1 saturated heterocycles. The van der Waals surface area contributed by atoms with Gasteiger partial charge in [-0.25, -0.2) is 13.1 Å². The summed E-state index contributed by atoms with van der Waals surface area (Å²) < 4.78 is 34.0. The van der Waals surface area contributed by atoms with Crippen LogP contribution in [-0.2, 0) is 14.8 Å². The lowest BCUT2D eigenvalue weighted by Gasteiger charge is -2.31. The van der Waals surface area contributed by atoms with E-state index in [2.05, 4.69) is 9.62 Å². The summed E-state index contributed by atoms with van der Waals surface area (Å²) in [6.45, 7) is 3.37. The van der Waals surface area contributed by atoms with Gasteiger partial charge in [-0.2, -0.15) is 0 Å². The standard InChI is InChI=1S/C18H20Cl2N2O3S/c19-15-6-7-16(20)18(12-15)26(23,24)21-17(14-4-2-1-3-5-14)13-22-8-10-25-11-9-22/h1-7,12,17,21H,8-11,13H2. The van der Waals surface area contributed by atoms with Crippen LogP contribution in [0.15, 0.2) is 53.4 Å². The maximum absolute atomic E-state index is 12.9. The molecular formula is C18H20Cl2N2O3S. The average Bonchev–Trinajstić information content (AvgIpc) is 2.64. The van der Waals surface area contributed by atoms with E-state index in [9.17, 15) is 8.42 Å². The molecule has 0 radical (unpaired) electrons. The maximum atomic E-state index is 12.9. The molecule has 0 saturated carbocycles. The molecule has 140 valence electrons. The Balaban J connectivity index is 1.87. The first kappa shape index (κ1) is 19.6. The van der Waals surface area contributed by atoms with Crippen molar-refractivity contribution in [3.63, 3.8) is 0 Å². The summed E-state index contributed by atoms with van der Waals surface area (Å²) in [4.78, 5) is 2.16. The highest BCUT2D eigenvalue weighted by molar-refractivity contribution is 7.89. The largest absolute Gasteiger partial charge is 0.379 e. The fourth-order valence-corrected chi connectivity index (χ4v) is 4.85. The molecular weight excluding hydrogens is 395 g/mol. The van der Waals surface area contributed by atoms with Crippen LogP contribution in [0.3, 0.4) is 0 Å². The summed E-state index contributed by atoms with van der Waals surface area (Å²) in [5.41, 5.74) is 0.890. The van der Waals surface area contributed by atoms with Crippen LogP contribution >= 0.6 is 23.2 Å². The molecule has 2 aromatic rings. The predicted octanol–water partition coefficient (Wildman–Crippen LogP) is 3.35. The van der Waals surface area contributed by atoms with Crippen LogP contribution in [0.25, 0.3) is 0 Å². The number of nitrogens with one attached hydrogen (secondary N) is 1. The summed E-state index contributed by atoms with van der Waals surface area (Å²) in [6.07, 6.45) is 0. The molecule has 0 aromatic heterocycles. The second-order valence-electron chi connectivity index (χ2n) is 6.07.